The number of allylic oxidation sites excluding steroid dienone is 4. The van der Waals surface area contributed by atoms with Gasteiger partial charge in [0.1, 0.15) is 8.07 Å². The molecular weight excluding hydrogens is 601 g/mol. The van der Waals surface area contributed by atoms with E-state index in [9.17, 15) is 0 Å². The van der Waals surface area contributed by atoms with Gasteiger partial charge in [0.05, 0.1) is 5.70 Å². The minimum Gasteiger partial charge on any atom is -1.00 e. The van der Waals surface area contributed by atoms with E-state index in [-0.39, 0.29) is 56.4 Å². The van der Waals surface area contributed by atoms with E-state index < -0.39 is 8.07 Å². The second-order valence-electron chi connectivity index (χ2n) is 11.7. The maximum atomic E-state index is 4.67. The van der Waals surface area contributed by atoms with Gasteiger partial charge in [0.25, 0.3) is 0 Å². The van der Waals surface area contributed by atoms with Crippen LogP contribution < -0.4 is 24.8 Å². The summed E-state index contributed by atoms with van der Waals surface area (Å²) in [5.41, 5.74) is 9.83. The van der Waals surface area contributed by atoms with E-state index in [4.69, 9.17) is 0 Å². The molecule has 3 aromatic rings. The van der Waals surface area contributed by atoms with Crippen molar-refractivity contribution in [1.82, 2.24) is 0 Å². The molecule has 1 radical (unpaired) electrons. The van der Waals surface area contributed by atoms with Crippen LogP contribution in [0.15, 0.2) is 93.4 Å². The SMILES string of the molecule is CCC1=NC2=CC=C3C2=C1[Si]3(C)C.CCCc1cc2c(-c3ccc(C(C)(C)C)cc3)cccc2[cH-]1.[Cl-].[Cl-].[Zr+3]. The van der Waals surface area contributed by atoms with Gasteiger partial charge in [0.15, 0.2) is 0 Å². The molecule has 0 aromatic heterocycles. The molecule has 3 aromatic carbocycles. The normalized spacial score (nSPS) is 16.0. The summed E-state index contributed by atoms with van der Waals surface area (Å²) in [5, 5.41) is 6.02. The van der Waals surface area contributed by atoms with Gasteiger partial charge < -0.3 is 24.8 Å². The predicted molar refractivity (Wildman–Crippen MR) is 156 cm³/mol. The van der Waals surface area contributed by atoms with Crippen LogP contribution in [0.2, 0.25) is 13.1 Å². The van der Waals surface area contributed by atoms with Crippen molar-refractivity contribution in [2.45, 2.75) is 72.4 Å². The van der Waals surface area contributed by atoms with Crippen molar-refractivity contribution in [1.29, 1.82) is 0 Å². The number of nitrogens with zero attached hydrogens (tertiary/aromatic N) is 1. The van der Waals surface area contributed by atoms with E-state index in [1.165, 1.54) is 56.4 Å². The average molecular weight is 639 g/mol. The van der Waals surface area contributed by atoms with Crippen LogP contribution in [-0.4, -0.2) is 13.8 Å². The van der Waals surface area contributed by atoms with E-state index in [1.807, 2.05) is 0 Å². The molecule has 0 unspecified atom stereocenters. The molecule has 0 bridgehead atoms. The summed E-state index contributed by atoms with van der Waals surface area (Å²) in [6, 6.07) is 20.4. The molecule has 0 atom stereocenters. The molecule has 6 rings (SSSR count). The fraction of sp³-hybridized carbons (Fsp3) is 0.333. The molecule has 197 valence electrons. The van der Waals surface area contributed by atoms with Crippen molar-refractivity contribution in [3.05, 3.63) is 99.5 Å². The van der Waals surface area contributed by atoms with Gasteiger partial charge in [-0.1, -0.05) is 96.1 Å². The number of aliphatic imine (C=N–C) groups is 1. The first-order valence-corrected chi connectivity index (χ1v) is 16.2. The summed E-state index contributed by atoms with van der Waals surface area (Å²) in [6.45, 7) is 16.1. The van der Waals surface area contributed by atoms with Gasteiger partial charge in [0.2, 0.25) is 0 Å². The van der Waals surface area contributed by atoms with Gasteiger partial charge in [0, 0.05) is 11.3 Å². The second-order valence-corrected chi connectivity index (χ2v) is 16.0. The van der Waals surface area contributed by atoms with Crippen molar-refractivity contribution in [3.8, 4) is 11.1 Å². The summed E-state index contributed by atoms with van der Waals surface area (Å²) in [4.78, 5) is 4.67. The summed E-state index contributed by atoms with van der Waals surface area (Å²) in [5.74, 6) is 0. The summed E-state index contributed by atoms with van der Waals surface area (Å²) in [7, 11) is -1.19. The first-order chi connectivity index (χ1) is 16.6. The zero-order valence-electron chi connectivity index (χ0n) is 23.7. The fourth-order valence-corrected chi connectivity index (χ4v) is 9.12. The van der Waals surface area contributed by atoms with Crippen LogP contribution in [-0.2, 0) is 38.0 Å². The van der Waals surface area contributed by atoms with Crippen molar-refractivity contribution >= 4 is 24.6 Å². The topological polar surface area (TPSA) is 12.4 Å². The Morgan fingerprint density at radius 1 is 0.921 bits per heavy atom. The number of hydrogen-bond donors (Lipinski definition) is 0. The van der Waals surface area contributed by atoms with E-state index >= 15 is 0 Å². The molecule has 2 aliphatic heterocycles. The monoisotopic (exact) mass is 636 g/mol. The Kier molecular flexibility index (Phi) is 10.7. The first-order valence-electron chi connectivity index (χ1n) is 13.2. The molecule has 0 saturated heterocycles. The number of halogens is 2. The Hall–Kier alpha value is -1.38. The number of benzene rings is 2. The van der Waals surface area contributed by atoms with Crippen LogP contribution in [0.3, 0.4) is 0 Å². The van der Waals surface area contributed by atoms with E-state index in [2.05, 4.69) is 119 Å². The third-order valence-corrected chi connectivity index (χ3v) is 11.3. The van der Waals surface area contributed by atoms with Crippen molar-refractivity contribution in [3.63, 3.8) is 0 Å². The third-order valence-electron chi connectivity index (χ3n) is 7.77. The standard InChI is InChI=1S/C22H25.C11H13NSi.2ClH.Zr/c1-5-7-16-14-18-8-6-9-20(21(18)15-16)17-10-12-19(13-11-17)22(2,3)4;1-4-7-11-10-8(12-7)5-6-9(10)13(11,2)3;;;/h6,8-15H,5,7H2,1-4H3;5-6H,4H2,1-3H3;2*1H;/q-1;;;;+3/p-2. The van der Waals surface area contributed by atoms with E-state index in [0.717, 1.165) is 12.8 Å². The summed E-state index contributed by atoms with van der Waals surface area (Å²) in [6.07, 6.45) is 7.94. The smallest absolute Gasteiger partial charge is 1.00 e. The van der Waals surface area contributed by atoms with Gasteiger partial charge in [-0.05, 0) is 45.9 Å². The van der Waals surface area contributed by atoms with Gasteiger partial charge in [-0.15, -0.1) is 34.5 Å². The molecule has 0 amide bonds. The first kappa shape index (κ1) is 32.8. The quantitative estimate of drug-likeness (QED) is 0.308. The Bertz CT molecular complexity index is 1430. The Balaban J connectivity index is 0.000000273. The van der Waals surface area contributed by atoms with Gasteiger partial charge in [-0.2, -0.15) is 6.07 Å². The largest absolute Gasteiger partial charge is 3.00 e. The maximum Gasteiger partial charge on any atom is 3.00 e. The zero-order chi connectivity index (χ0) is 25.0. The van der Waals surface area contributed by atoms with Gasteiger partial charge in [-0.25, -0.2) is 0 Å². The number of fused-ring (bicyclic) bond motifs is 1. The Morgan fingerprint density at radius 2 is 1.61 bits per heavy atom. The summed E-state index contributed by atoms with van der Waals surface area (Å²) >= 11 is 0. The van der Waals surface area contributed by atoms with Crippen LogP contribution in [0.4, 0.5) is 0 Å². The number of rotatable bonds is 4. The molecular formula is C33H38Cl2NSiZr. The zero-order valence-corrected chi connectivity index (χ0v) is 28.6. The Labute approximate surface area is 261 Å². The predicted octanol–water partition coefficient (Wildman–Crippen LogP) is 3.25. The van der Waals surface area contributed by atoms with Crippen LogP contribution in [0, 0.1) is 0 Å². The molecule has 1 nitrogen and oxygen atoms in total. The fourth-order valence-electron chi connectivity index (χ4n) is 5.82. The van der Waals surface area contributed by atoms with Crippen molar-refractivity contribution in [2.24, 2.45) is 4.99 Å². The van der Waals surface area contributed by atoms with E-state index in [0.29, 0.717) is 0 Å². The number of hydrogen-bond acceptors (Lipinski definition) is 1. The minimum absolute atomic E-state index is 0. The second kappa shape index (κ2) is 12.4. The van der Waals surface area contributed by atoms with Gasteiger partial charge >= 0.3 is 26.2 Å². The summed E-state index contributed by atoms with van der Waals surface area (Å²) < 4.78 is 0. The molecule has 5 heteroatoms. The minimum atomic E-state index is -1.19. The van der Waals surface area contributed by atoms with Crippen LogP contribution in [0.25, 0.3) is 21.9 Å². The molecule has 1 aliphatic carbocycles. The molecule has 0 saturated carbocycles. The molecule has 0 fully saturated rings. The van der Waals surface area contributed by atoms with Crippen LogP contribution >= 0.6 is 0 Å². The Morgan fingerprint density at radius 3 is 2.21 bits per heavy atom. The molecule has 3 aliphatic rings. The molecule has 0 spiro atoms. The average Bonchev–Trinajstić information content (AvgIpc) is 3.49. The van der Waals surface area contributed by atoms with Crippen molar-refractivity contribution in [2.75, 3.05) is 0 Å². The number of aryl methyl sites for hydroxylation is 1. The maximum absolute atomic E-state index is 4.67. The van der Waals surface area contributed by atoms with Crippen LogP contribution in [0.5, 0.6) is 0 Å². The molecule has 38 heavy (non-hydrogen) atoms. The third kappa shape index (κ3) is 5.73. The van der Waals surface area contributed by atoms with Gasteiger partial charge in [-0.3, -0.25) is 4.99 Å². The van der Waals surface area contributed by atoms with E-state index in [1.54, 1.807) is 10.4 Å². The molecule has 2 heterocycles. The van der Waals surface area contributed by atoms with Crippen molar-refractivity contribution < 1.29 is 51.0 Å². The van der Waals surface area contributed by atoms with Crippen LogP contribution in [0.1, 0.15) is 58.6 Å². The molecule has 0 N–H and O–H groups in total.